The van der Waals surface area contributed by atoms with Gasteiger partial charge in [0.2, 0.25) is 0 Å². The highest BCUT2D eigenvalue weighted by atomic mass is 14.6. The topological polar surface area (TPSA) is 36.7 Å². The third-order valence-electron chi connectivity index (χ3n) is 2.13. The molecule has 1 atom stereocenters. The zero-order chi connectivity index (χ0) is 10.6. The van der Waals surface area contributed by atoms with Crippen LogP contribution >= 0.6 is 0 Å². The largest absolute Gasteiger partial charge is 0.264 e. The second kappa shape index (κ2) is 4.38. The van der Waals surface area contributed by atoms with Crippen LogP contribution in [0.3, 0.4) is 0 Å². The summed E-state index contributed by atoms with van der Waals surface area (Å²) in [5.74, 6) is -0.171. The van der Waals surface area contributed by atoms with Gasteiger partial charge in [-0.15, -0.1) is 0 Å². The summed E-state index contributed by atoms with van der Waals surface area (Å²) in [5, 5.41) is 8.83. The smallest absolute Gasteiger partial charge is 0.0705 e. The molecule has 1 heterocycles. The zero-order valence-corrected chi connectivity index (χ0v) is 8.20. The molecule has 1 unspecified atom stereocenters. The summed E-state index contributed by atoms with van der Waals surface area (Å²) in [6.07, 6.45) is 6.88. The predicted molar refractivity (Wildman–Crippen MR) is 58.4 cm³/mol. The maximum absolute atomic E-state index is 8.83. The Bertz CT molecular complexity index is 399. The van der Waals surface area contributed by atoms with Gasteiger partial charge in [0.1, 0.15) is 0 Å². The SMILES string of the molecule is C=Cc1cncc(C(C)C#N)c1C=C. The molecule has 0 fully saturated rings. The fourth-order valence-corrected chi connectivity index (χ4v) is 1.32. The van der Waals surface area contributed by atoms with Gasteiger partial charge in [-0.25, -0.2) is 0 Å². The van der Waals surface area contributed by atoms with Crippen LogP contribution in [0.5, 0.6) is 0 Å². The molecule has 0 bridgehead atoms. The Balaban J connectivity index is 3.37. The van der Waals surface area contributed by atoms with Crippen molar-refractivity contribution in [1.82, 2.24) is 4.98 Å². The molecule has 0 amide bonds. The first kappa shape index (κ1) is 10.2. The van der Waals surface area contributed by atoms with Crippen LogP contribution in [0.1, 0.15) is 29.5 Å². The lowest BCUT2D eigenvalue weighted by atomic mass is 9.96. The van der Waals surface area contributed by atoms with Crippen molar-refractivity contribution in [3.63, 3.8) is 0 Å². The van der Waals surface area contributed by atoms with Crippen LogP contribution in [0.2, 0.25) is 0 Å². The average molecular weight is 184 g/mol. The summed E-state index contributed by atoms with van der Waals surface area (Å²) in [6, 6.07) is 2.19. The van der Waals surface area contributed by atoms with E-state index in [0.29, 0.717) is 0 Å². The van der Waals surface area contributed by atoms with E-state index in [2.05, 4.69) is 24.2 Å². The number of aromatic nitrogens is 1. The molecule has 0 aromatic carbocycles. The molecule has 0 N–H and O–H groups in total. The van der Waals surface area contributed by atoms with Crippen molar-refractivity contribution in [2.24, 2.45) is 0 Å². The maximum atomic E-state index is 8.83. The molecule has 0 saturated carbocycles. The van der Waals surface area contributed by atoms with Gasteiger partial charge in [0.05, 0.1) is 12.0 Å². The molecule has 0 radical (unpaired) electrons. The Hall–Kier alpha value is -1.88. The van der Waals surface area contributed by atoms with Gasteiger partial charge < -0.3 is 0 Å². The maximum Gasteiger partial charge on any atom is 0.0705 e. The lowest BCUT2D eigenvalue weighted by Crippen LogP contribution is -1.97. The first-order valence-corrected chi connectivity index (χ1v) is 4.37. The number of rotatable bonds is 3. The number of pyridine rings is 1. The van der Waals surface area contributed by atoms with E-state index in [9.17, 15) is 0 Å². The third-order valence-corrected chi connectivity index (χ3v) is 2.13. The molecule has 2 heteroatoms. The van der Waals surface area contributed by atoms with Crippen molar-refractivity contribution >= 4 is 12.2 Å². The van der Waals surface area contributed by atoms with Crippen molar-refractivity contribution in [2.45, 2.75) is 12.8 Å². The van der Waals surface area contributed by atoms with Crippen LogP contribution in [0.25, 0.3) is 12.2 Å². The van der Waals surface area contributed by atoms with E-state index < -0.39 is 0 Å². The summed E-state index contributed by atoms with van der Waals surface area (Å²) in [4.78, 5) is 4.06. The minimum atomic E-state index is -0.171. The Morgan fingerprint density at radius 1 is 1.43 bits per heavy atom. The minimum Gasteiger partial charge on any atom is -0.264 e. The van der Waals surface area contributed by atoms with Crippen LogP contribution < -0.4 is 0 Å². The van der Waals surface area contributed by atoms with Crippen LogP contribution in [-0.4, -0.2) is 4.98 Å². The van der Waals surface area contributed by atoms with Gasteiger partial charge in [0.25, 0.3) is 0 Å². The van der Waals surface area contributed by atoms with E-state index in [1.807, 2.05) is 6.92 Å². The normalized spacial score (nSPS) is 11.4. The molecule has 1 aromatic heterocycles. The summed E-state index contributed by atoms with van der Waals surface area (Å²) < 4.78 is 0. The van der Waals surface area contributed by atoms with E-state index in [4.69, 9.17) is 5.26 Å². The van der Waals surface area contributed by atoms with Crippen molar-refractivity contribution in [3.05, 3.63) is 42.2 Å². The molecule has 1 rings (SSSR count). The standard InChI is InChI=1S/C12H12N2/c1-4-10-7-14-8-12(9(3)6-13)11(10)5-2/h4-5,7-9H,1-2H2,3H3. The van der Waals surface area contributed by atoms with Gasteiger partial charge in [-0.2, -0.15) is 5.26 Å². The quantitative estimate of drug-likeness (QED) is 0.724. The predicted octanol–water partition coefficient (Wildman–Crippen LogP) is 2.99. The molecular formula is C12H12N2. The average Bonchev–Trinajstić information content (AvgIpc) is 2.26. The van der Waals surface area contributed by atoms with Gasteiger partial charge in [0, 0.05) is 12.4 Å². The van der Waals surface area contributed by atoms with Gasteiger partial charge in [-0.1, -0.05) is 25.3 Å². The first-order chi connectivity index (χ1) is 6.74. The van der Waals surface area contributed by atoms with E-state index in [-0.39, 0.29) is 5.92 Å². The second-order valence-corrected chi connectivity index (χ2v) is 2.99. The summed E-state index contributed by atoms with van der Waals surface area (Å²) in [6.45, 7) is 9.27. The molecule has 0 saturated heterocycles. The molecule has 0 spiro atoms. The lowest BCUT2D eigenvalue weighted by molar-refractivity contribution is 0.961. The highest BCUT2D eigenvalue weighted by Crippen LogP contribution is 2.22. The monoisotopic (exact) mass is 184 g/mol. The molecule has 70 valence electrons. The Kier molecular flexibility index (Phi) is 3.19. The van der Waals surface area contributed by atoms with E-state index in [1.54, 1.807) is 24.5 Å². The van der Waals surface area contributed by atoms with E-state index in [1.165, 1.54) is 0 Å². The van der Waals surface area contributed by atoms with Gasteiger partial charge in [-0.05, 0) is 23.6 Å². The van der Waals surface area contributed by atoms with Crippen molar-refractivity contribution in [3.8, 4) is 6.07 Å². The summed E-state index contributed by atoms with van der Waals surface area (Å²) in [5.41, 5.74) is 2.77. The lowest BCUT2D eigenvalue weighted by Gasteiger charge is -2.09. The number of nitriles is 1. The second-order valence-electron chi connectivity index (χ2n) is 2.99. The van der Waals surface area contributed by atoms with Crippen LogP contribution in [-0.2, 0) is 0 Å². The number of hydrogen-bond acceptors (Lipinski definition) is 2. The number of hydrogen-bond donors (Lipinski definition) is 0. The van der Waals surface area contributed by atoms with Crippen molar-refractivity contribution < 1.29 is 0 Å². The fourth-order valence-electron chi connectivity index (χ4n) is 1.32. The summed E-state index contributed by atoms with van der Waals surface area (Å²) >= 11 is 0. The molecule has 0 aliphatic rings. The van der Waals surface area contributed by atoms with Gasteiger partial charge in [-0.3, -0.25) is 4.98 Å². The first-order valence-electron chi connectivity index (χ1n) is 4.37. The third kappa shape index (κ3) is 1.72. The number of nitrogens with zero attached hydrogens (tertiary/aromatic N) is 2. The minimum absolute atomic E-state index is 0.171. The van der Waals surface area contributed by atoms with Crippen molar-refractivity contribution in [2.75, 3.05) is 0 Å². The highest BCUT2D eigenvalue weighted by molar-refractivity contribution is 5.66. The Labute approximate surface area is 84.2 Å². The van der Waals surface area contributed by atoms with Crippen molar-refractivity contribution in [1.29, 1.82) is 5.26 Å². The molecule has 2 nitrogen and oxygen atoms in total. The van der Waals surface area contributed by atoms with E-state index in [0.717, 1.165) is 16.7 Å². The van der Waals surface area contributed by atoms with Crippen LogP contribution in [0.4, 0.5) is 0 Å². The molecule has 0 aliphatic carbocycles. The molecule has 14 heavy (non-hydrogen) atoms. The molecular weight excluding hydrogens is 172 g/mol. The van der Waals surface area contributed by atoms with E-state index >= 15 is 0 Å². The van der Waals surface area contributed by atoms with Gasteiger partial charge in [0.15, 0.2) is 0 Å². The highest BCUT2D eigenvalue weighted by Gasteiger charge is 2.10. The Morgan fingerprint density at radius 2 is 2.14 bits per heavy atom. The van der Waals surface area contributed by atoms with Crippen LogP contribution in [0, 0.1) is 11.3 Å². The molecule has 1 aromatic rings. The fraction of sp³-hybridized carbons (Fsp3) is 0.167. The zero-order valence-electron chi connectivity index (χ0n) is 8.20. The molecule has 0 aliphatic heterocycles. The van der Waals surface area contributed by atoms with Gasteiger partial charge >= 0.3 is 0 Å². The summed E-state index contributed by atoms with van der Waals surface area (Å²) in [7, 11) is 0. The Morgan fingerprint density at radius 3 is 2.64 bits per heavy atom. The van der Waals surface area contributed by atoms with Crippen LogP contribution in [0.15, 0.2) is 25.6 Å².